The molecular formula is C22H24N2O2. The number of nitrogens with zero attached hydrogens (tertiary/aromatic N) is 2. The van der Waals surface area contributed by atoms with Crippen molar-refractivity contribution >= 4 is 5.91 Å². The lowest BCUT2D eigenvalue weighted by Gasteiger charge is -2.33. The van der Waals surface area contributed by atoms with Gasteiger partial charge in [0.15, 0.2) is 6.10 Å². The van der Waals surface area contributed by atoms with Gasteiger partial charge in [-0.15, -0.1) is 0 Å². The van der Waals surface area contributed by atoms with Gasteiger partial charge in [0.25, 0.3) is 5.91 Å². The van der Waals surface area contributed by atoms with Gasteiger partial charge in [-0.1, -0.05) is 30.3 Å². The van der Waals surface area contributed by atoms with Crippen molar-refractivity contribution in [2.75, 3.05) is 13.1 Å². The number of hydrogen-bond acceptors (Lipinski definition) is 3. The maximum absolute atomic E-state index is 12.6. The van der Waals surface area contributed by atoms with E-state index in [1.54, 1.807) is 31.2 Å². The average Bonchev–Trinajstić information content (AvgIpc) is 2.69. The Kier molecular flexibility index (Phi) is 5.91. The summed E-state index contributed by atoms with van der Waals surface area (Å²) in [6.45, 7) is 3.37. The van der Waals surface area contributed by atoms with Crippen molar-refractivity contribution in [3.05, 3.63) is 65.7 Å². The first-order valence-corrected chi connectivity index (χ1v) is 9.15. The molecule has 0 N–H and O–H groups in total. The number of piperidine rings is 1. The summed E-state index contributed by atoms with van der Waals surface area (Å²) in [5.74, 6) is 1.28. The molecule has 1 heterocycles. The van der Waals surface area contributed by atoms with Crippen molar-refractivity contribution in [2.45, 2.75) is 32.3 Å². The van der Waals surface area contributed by atoms with Crippen LogP contribution in [0.5, 0.6) is 5.75 Å². The number of carbonyl (C=O) groups excluding carboxylic acids is 1. The molecule has 1 aliphatic heterocycles. The molecule has 1 saturated heterocycles. The van der Waals surface area contributed by atoms with Crippen LogP contribution < -0.4 is 4.74 Å². The summed E-state index contributed by atoms with van der Waals surface area (Å²) >= 11 is 0. The van der Waals surface area contributed by atoms with Crippen LogP contribution in [-0.2, 0) is 11.2 Å². The maximum atomic E-state index is 12.6. The zero-order valence-electron chi connectivity index (χ0n) is 15.1. The molecule has 0 saturated carbocycles. The van der Waals surface area contributed by atoms with Gasteiger partial charge >= 0.3 is 0 Å². The lowest BCUT2D eigenvalue weighted by molar-refractivity contribution is -0.139. The Morgan fingerprint density at radius 3 is 2.42 bits per heavy atom. The molecule has 2 aromatic rings. The van der Waals surface area contributed by atoms with Crippen molar-refractivity contribution in [3.8, 4) is 11.8 Å². The number of likely N-dealkylation sites (tertiary alicyclic amines) is 1. The highest BCUT2D eigenvalue weighted by molar-refractivity contribution is 5.81. The van der Waals surface area contributed by atoms with Crippen LogP contribution in [0, 0.1) is 17.2 Å². The van der Waals surface area contributed by atoms with Crippen molar-refractivity contribution in [1.29, 1.82) is 5.26 Å². The Bertz CT molecular complexity index is 757. The summed E-state index contributed by atoms with van der Waals surface area (Å²) in [5.41, 5.74) is 1.95. The van der Waals surface area contributed by atoms with E-state index in [0.29, 0.717) is 17.2 Å². The van der Waals surface area contributed by atoms with Gasteiger partial charge in [-0.2, -0.15) is 5.26 Å². The molecule has 26 heavy (non-hydrogen) atoms. The third-order valence-electron chi connectivity index (χ3n) is 4.94. The van der Waals surface area contributed by atoms with Gasteiger partial charge in [0, 0.05) is 13.1 Å². The van der Waals surface area contributed by atoms with E-state index in [1.807, 2.05) is 11.0 Å². The monoisotopic (exact) mass is 348 g/mol. The van der Waals surface area contributed by atoms with Crippen molar-refractivity contribution in [1.82, 2.24) is 4.90 Å². The highest BCUT2D eigenvalue weighted by atomic mass is 16.5. The first-order chi connectivity index (χ1) is 12.7. The van der Waals surface area contributed by atoms with E-state index >= 15 is 0 Å². The molecule has 0 aliphatic carbocycles. The smallest absolute Gasteiger partial charge is 0.263 e. The highest BCUT2D eigenvalue weighted by Gasteiger charge is 2.27. The maximum Gasteiger partial charge on any atom is 0.263 e. The molecule has 1 amide bonds. The summed E-state index contributed by atoms with van der Waals surface area (Å²) in [5, 5.41) is 8.83. The molecule has 1 aliphatic rings. The van der Waals surface area contributed by atoms with Crippen LogP contribution >= 0.6 is 0 Å². The number of nitriles is 1. The molecule has 0 radical (unpaired) electrons. The molecule has 134 valence electrons. The van der Waals surface area contributed by atoms with Gasteiger partial charge < -0.3 is 9.64 Å². The third kappa shape index (κ3) is 4.64. The molecule has 1 fully saturated rings. The Hall–Kier alpha value is -2.80. The van der Waals surface area contributed by atoms with Gasteiger partial charge in [0.1, 0.15) is 5.75 Å². The van der Waals surface area contributed by atoms with Gasteiger partial charge in [-0.25, -0.2) is 0 Å². The summed E-state index contributed by atoms with van der Waals surface area (Å²) in [6, 6.07) is 19.5. The molecule has 0 aromatic heterocycles. The standard InChI is InChI=1S/C22H24N2O2/c1-17(26-21-9-7-20(16-23)8-10-21)22(25)24-13-11-19(12-14-24)15-18-5-3-2-4-6-18/h2-10,17,19H,11-15H2,1H3. The van der Waals surface area contributed by atoms with E-state index in [-0.39, 0.29) is 5.91 Å². The largest absolute Gasteiger partial charge is 0.481 e. The molecule has 4 nitrogen and oxygen atoms in total. The van der Waals surface area contributed by atoms with Crippen molar-refractivity contribution in [2.24, 2.45) is 5.92 Å². The van der Waals surface area contributed by atoms with E-state index in [2.05, 4.69) is 30.3 Å². The van der Waals surface area contributed by atoms with Crippen molar-refractivity contribution in [3.63, 3.8) is 0 Å². The summed E-state index contributed by atoms with van der Waals surface area (Å²) in [7, 11) is 0. The van der Waals surface area contributed by atoms with Crippen LogP contribution in [0.3, 0.4) is 0 Å². The zero-order valence-corrected chi connectivity index (χ0v) is 15.1. The second kappa shape index (κ2) is 8.53. The minimum absolute atomic E-state index is 0.0347. The van der Waals surface area contributed by atoms with Crippen LogP contribution in [0.1, 0.15) is 30.9 Å². The van der Waals surface area contributed by atoms with Gasteiger partial charge in [-0.05, 0) is 61.9 Å². The normalized spacial score (nSPS) is 15.9. The summed E-state index contributed by atoms with van der Waals surface area (Å²) in [6.07, 6.45) is 2.63. The van der Waals surface area contributed by atoms with Crippen LogP contribution in [0.25, 0.3) is 0 Å². The average molecular weight is 348 g/mol. The number of hydrogen-bond donors (Lipinski definition) is 0. The lowest BCUT2D eigenvalue weighted by atomic mass is 9.90. The van der Waals surface area contributed by atoms with Gasteiger partial charge in [0.2, 0.25) is 0 Å². The molecule has 3 rings (SSSR count). The van der Waals surface area contributed by atoms with Crippen LogP contribution in [0.15, 0.2) is 54.6 Å². The van der Waals surface area contributed by atoms with Gasteiger partial charge in [0.05, 0.1) is 11.6 Å². The second-order valence-corrected chi connectivity index (χ2v) is 6.85. The van der Waals surface area contributed by atoms with E-state index in [4.69, 9.17) is 10.00 Å². The molecule has 2 aromatic carbocycles. The molecule has 1 atom stereocenters. The molecule has 0 bridgehead atoms. The Balaban J connectivity index is 1.48. The molecule has 0 spiro atoms. The Morgan fingerprint density at radius 2 is 1.81 bits per heavy atom. The zero-order chi connectivity index (χ0) is 18.4. The van der Waals surface area contributed by atoms with E-state index < -0.39 is 6.10 Å². The first-order valence-electron chi connectivity index (χ1n) is 9.15. The number of rotatable bonds is 5. The predicted octanol–water partition coefficient (Wildman–Crippen LogP) is 3.81. The van der Waals surface area contributed by atoms with Crippen LogP contribution in [0.2, 0.25) is 0 Å². The highest BCUT2D eigenvalue weighted by Crippen LogP contribution is 2.23. The van der Waals surface area contributed by atoms with E-state index in [9.17, 15) is 4.79 Å². The number of carbonyl (C=O) groups is 1. The second-order valence-electron chi connectivity index (χ2n) is 6.85. The van der Waals surface area contributed by atoms with Crippen LogP contribution in [-0.4, -0.2) is 30.0 Å². The minimum atomic E-state index is -0.520. The summed E-state index contributed by atoms with van der Waals surface area (Å²) in [4.78, 5) is 14.6. The fourth-order valence-electron chi connectivity index (χ4n) is 3.42. The van der Waals surface area contributed by atoms with E-state index in [0.717, 1.165) is 32.4 Å². The SMILES string of the molecule is CC(Oc1ccc(C#N)cc1)C(=O)N1CCC(Cc2ccccc2)CC1. The minimum Gasteiger partial charge on any atom is -0.481 e. The number of benzene rings is 2. The quantitative estimate of drug-likeness (QED) is 0.826. The fraction of sp³-hybridized carbons (Fsp3) is 0.364. The predicted molar refractivity (Wildman–Crippen MR) is 101 cm³/mol. The summed E-state index contributed by atoms with van der Waals surface area (Å²) < 4.78 is 5.75. The number of ether oxygens (including phenoxy) is 1. The first kappa shape index (κ1) is 18.0. The number of amides is 1. The lowest BCUT2D eigenvalue weighted by Crippen LogP contribution is -2.45. The van der Waals surface area contributed by atoms with Crippen molar-refractivity contribution < 1.29 is 9.53 Å². The molecular weight excluding hydrogens is 324 g/mol. The van der Waals surface area contributed by atoms with Crippen LogP contribution in [0.4, 0.5) is 0 Å². The molecule has 1 unspecified atom stereocenters. The van der Waals surface area contributed by atoms with Gasteiger partial charge in [-0.3, -0.25) is 4.79 Å². The fourth-order valence-corrected chi connectivity index (χ4v) is 3.42. The Morgan fingerprint density at radius 1 is 1.15 bits per heavy atom. The topological polar surface area (TPSA) is 53.3 Å². The molecule has 4 heteroatoms. The Labute approximate surface area is 155 Å². The van der Waals surface area contributed by atoms with E-state index in [1.165, 1.54) is 5.56 Å². The third-order valence-corrected chi connectivity index (χ3v) is 4.94.